The number of nitrogens with one attached hydrogen (secondary N) is 3. The monoisotopic (exact) mass is 489 g/mol. The average molecular weight is 490 g/mol. The number of carbonyl (C=O) groups excluding carboxylic acids is 2. The number of amides is 2. The number of carbonyl (C=O) groups is 2. The summed E-state index contributed by atoms with van der Waals surface area (Å²) in [5.74, 6) is -3.32. The van der Waals surface area contributed by atoms with Crippen LogP contribution in [0.25, 0.3) is 22.0 Å². The first-order valence-electron chi connectivity index (χ1n) is 9.50. The van der Waals surface area contributed by atoms with Gasteiger partial charge in [-0.2, -0.15) is 18.3 Å². The molecule has 3 heterocycles. The minimum absolute atomic E-state index is 0.129. The Morgan fingerprint density at radius 3 is 2.69 bits per heavy atom. The van der Waals surface area contributed by atoms with E-state index in [-0.39, 0.29) is 22.0 Å². The molecule has 1 aromatic carbocycles. The Bertz CT molecular complexity index is 1190. The number of aromatic nitrogens is 3. The second-order valence-electron chi connectivity index (χ2n) is 7.10. The zero-order chi connectivity index (χ0) is 23.0. The third-order valence-electron chi connectivity index (χ3n) is 4.98. The van der Waals surface area contributed by atoms with Gasteiger partial charge in [0.05, 0.1) is 21.8 Å². The van der Waals surface area contributed by atoms with Gasteiger partial charge in [-0.3, -0.25) is 20.4 Å². The number of hydrogen-bond donors (Lipinski definition) is 3. The Morgan fingerprint density at radius 2 is 2.00 bits per heavy atom. The van der Waals surface area contributed by atoms with Crippen molar-refractivity contribution in [2.24, 2.45) is 0 Å². The molecular weight excluding hydrogens is 474 g/mol. The fourth-order valence-corrected chi connectivity index (χ4v) is 3.85. The number of benzene rings is 1. The van der Waals surface area contributed by atoms with Crippen LogP contribution < -0.4 is 10.9 Å². The van der Waals surface area contributed by atoms with Gasteiger partial charge in [0.2, 0.25) is 0 Å². The van der Waals surface area contributed by atoms with Gasteiger partial charge < -0.3 is 9.72 Å². The summed E-state index contributed by atoms with van der Waals surface area (Å²) in [6.45, 7) is 0.605. The topological polar surface area (TPSA) is 101 Å². The van der Waals surface area contributed by atoms with Gasteiger partial charge in [0.1, 0.15) is 11.9 Å². The molecule has 0 spiro atoms. The van der Waals surface area contributed by atoms with Crippen molar-refractivity contribution in [2.75, 3.05) is 6.61 Å². The summed E-state index contributed by atoms with van der Waals surface area (Å²) < 4.78 is 44.7. The zero-order valence-electron chi connectivity index (χ0n) is 16.2. The van der Waals surface area contributed by atoms with E-state index < -0.39 is 18.0 Å². The van der Waals surface area contributed by atoms with Gasteiger partial charge in [0.15, 0.2) is 0 Å². The molecule has 0 bridgehead atoms. The molecular formula is C19H16Cl2F3N5O3. The van der Waals surface area contributed by atoms with E-state index in [1.165, 1.54) is 17.7 Å². The molecule has 0 radical (unpaired) electrons. The van der Waals surface area contributed by atoms with Crippen LogP contribution in [0, 0.1) is 0 Å². The molecule has 2 amide bonds. The van der Waals surface area contributed by atoms with Crippen LogP contribution in [0.15, 0.2) is 24.5 Å². The first kappa shape index (κ1) is 22.4. The summed E-state index contributed by atoms with van der Waals surface area (Å²) in [5, 5.41) is 5.16. The van der Waals surface area contributed by atoms with E-state index >= 15 is 0 Å². The SMILES string of the molecule is O=C(NNC(=O)C(F)(F)F)c1[nH]c2c(Cl)c(Cl)ccc2c1-c1cnn(C2CCCCO2)c1. The van der Waals surface area contributed by atoms with Gasteiger partial charge in [-0.25, -0.2) is 4.68 Å². The summed E-state index contributed by atoms with van der Waals surface area (Å²) in [5.41, 5.74) is 4.12. The normalized spacial score (nSPS) is 16.8. The molecule has 8 nitrogen and oxygen atoms in total. The summed E-state index contributed by atoms with van der Waals surface area (Å²) in [6.07, 6.45) is 0.472. The molecule has 4 rings (SSSR count). The molecule has 170 valence electrons. The number of hydrogen-bond acceptors (Lipinski definition) is 4. The molecule has 1 saturated heterocycles. The van der Waals surface area contributed by atoms with E-state index in [0.29, 0.717) is 28.6 Å². The number of nitrogens with zero attached hydrogens (tertiary/aromatic N) is 2. The molecule has 1 aliphatic heterocycles. The van der Waals surface area contributed by atoms with Crippen molar-refractivity contribution >= 4 is 45.9 Å². The molecule has 1 fully saturated rings. The quantitative estimate of drug-likeness (QED) is 0.475. The van der Waals surface area contributed by atoms with Crippen LogP contribution in [0.1, 0.15) is 36.0 Å². The number of hydrazine groups is 1. The Balaban J connectivity index is 1.74. The molecule has 13 heteroatoms. The predicted molar refractivity (Wildman–Crippen MR) is 110 cm³/mol. The lowest BCUT2D eigenvalue weighted by atomic mass is 10.0. The molecule has 3 N–H and O–H groups in total. The average Bonchev–Trinajstić information content (AvgIpc) is 3.39. The lowest BCUT2D eigenvalue weighted by Crippen LogP contribution is -2.47. The van der Waals surface area contributed by atoms with E-state index in [4.69, 9.17) is 27.9 Å². The lowest BCUT2D eigenvalue weighted by molar-refractivity contribution is -0.174. The van der Waals surface area contributed by atoms with Crippen molar-refractivity contribution in [1.29, 1.82) is 0 Å². The Hall–Kier alpha value is -2.76. The van der Waals surface area contributed by atoms with Gasteiger partial charge in [0.25, 0.3) is 5.91 Å². The fourth-order valence-electron chi connectivity index (χ4n) is 3.48. The molecule has 2 aromatic heterocycles. The van der Waals surface area contributed by atoms with Crippen LogP contribution in [0.4, 0.5) is 13.2 Å². The van der Waals surface area contributed by atoms with E-state index in [1.807, 2.05) is 0 Å². The second kappa shape index (κ2) is 8.64. The highest BCUT2D eigenvalue weighted by Gasteiger charge is 2.39. The maximum atomic E-state index is 12.7. The minimum Gasteiger partial charge on any atom is -0.357 e. The van der Waals surface area contributed by atoms with Gasteiger partial charge >= 0.3 is 12.1 Å². The Labute approximate surface area is 189 Å². The second-order valence-corrected chi connectivity index (χ2v) is 7.88. The number of aromatic amines is 1. The third-order valence-corrected chi connectivity index (χ3v) is 5.78. The largest absolute Gasteiger partial charge is 0.472 e. The standard InChI is InChI=1S/C19H16Cl2F3N5O3/c20-11-5-4-10-13(9-7-25-29(8-9)12-3-1-2-6-32-12)16(26-15(10)14(11)21)17(30)27-28-18(31)19(22,23)24/h4-5,7-8,12,26H,1-3,6H2,(H,27,30)(H,28,31). The Kier molecular flexibility index (Phi) is 6.06. The molecule has 1 unspecified atom stereocenters. The number of alkyl halides is 3. The van der Waals surface area contributed by atoms with Crippen molar-refractivity contribution in [3.63, 3.8) is 0 Å². The summed E-state index contributed by atoms with van der Waals surface area (Å²) in [4.78, 5) is 26.6. The maximum absolute atomic E-state index is 12.7. The smallest absolute Gasteiger partial charge is 0.357 e. The number of fused-ring (bicyclic) bond motifs is 1. The minimum atomic E-state index is -5.16. The first-order valence-corrected chi connectivity index (χ1v) is 10.3. The lowest BCUT2D eigenvalue weighted by Gasteiger charge is -2.22. The van der Waals surface area contributed by atoms with E-state index in [2.05, 4.69) is 10.1 Å². The van der Waals surface area contributed by atoms with E-state index in [9.17, 15) is 22.8 Å². The van der Waals surface area contributed by atoms with Crippen molar-refractivity contribution in [3.8, 4) is 11.1 Å². The van der Waals surface area contributed by atoms with Crippen LogP contribution in [-0.2, 0) is 9.53 Å². The zero-order valence-corrected chi connectivity index (χ0v) is 17.7. The van der Waals surface area contributed by atoms with Crippen LogP contribution in [-0.4, -0.2) is 39.4 Å². The third kappa shape index (κ3) is 4.27. The number of halogens is 5. The van der Waals surface area contributed by atoms with Gasteiger partial charge in [-0.05, 0) is 25.3 Å². The molecule has 32 heavy (non-hydrogen) atoms. The van der Waals surface area contributed by atoms with Crippen LogP contribution in [0.3, 0.4) is 0 Å². The van der Waals surface area contributed by atoms with Gasteiger partial charge in [0, 0.05) is 29.3 Å². The molecule has 1 atom stereocenters. The van der Waals surface area contributed by atoms with Gasteiger partial charge in [-0.1, -0.05) is 29.3 Å². The molecule has 1 aliphatic rings. The first-order chi connectivity index (χ1) is 15.2. The van der Waals surface area contributed by atoms with Crippen molar-refractivity contribution in [1.82, 2.24) is 25.6 Å². The summed E-state index contributed by atoms with van der Waals surface area (Å²) >= 11 is 12.3. The predicted octanol–water partition coefficient (Wildman–Crippen LogP) is 4.36. The van der Waals surface area contributed by atoms with Crippen molar-refractivity contribution < 1.29 is 27.5 Å². The van der Waals surface area contributed by atoms with Gasteiger partial charge in [-0.15, -0.1) is 0 Å². The Morgan fingerprint density at radius 1 is 1.22 bits per heavy atom. The van der Waals surface area contributed by atoms with Crippen LogP contribution in [0.5, 0.6) is 0 Å². The fraction of sp³-hybridized carbons (Fsp3) is 0.316. The number of rotatable bonds is 3. The molecule has 0 saturated carbocycles. The summed E-state index contributed by atoms with van der Waals surface area (Å²) in [6, 6.07) is 3.15. The van der Waals surface area contributed by atoms with Crippen LogP contribution in [0.2, 0.25) is 10.0 Å². The van der Waals surface area contributed by atoms with Crippen molar-refractivity contribution in [2.45, 2.75) is 31.7 Å². The molecule has 3 aromatic rings. The van der Waals surface area contributed by atoms with Crippen LogP contribution >= 0.6 is 23.2 Å². The highest BCUT2D eigenvalue weighted by Crippen LogP contribution is 2.39. The maximum Gasteiger partial charge on any atom is 0.472 e. The van der Waals surface area contributed by atoms with Crippen molar-refractivity contribution in [3.05, 3.63) is 40.3 Å². The highest BCUT2D eigenvalue weighted by molar-refractivity contribution is 6.45. The van der Waals surface area contributed by atoms with E-state index in [1.54, 1.807) is 22.4 Å². The number of ether oxygens (including phenoxy) is 1. The van der Waals surface area contributed by atoms with E-state index in [0.717, 1.165) is 19.3 Å². The molecule has 0 aliphatic carbocycles. The highest BCUT2D eigenvalue weighted by atomic mass is 35.5. The summed E-state index contributed by atoms with van der Waals surface area (Å²) in [7, 11) is 0. The number of H-pyrrole nitrogens is 1.